The van der Waals surface area contributed by atoms with Crippen molar-refractivity contribution in [3.63, 3.8) is 0 Å². The van der Waals surface area contributed by atoms with E-state index in [1.165, 1.54) is 0 Å². The molecule has 2 heterocycles. The maximum atomic E-state index is 12.6. The highest BCUT2D eigenvalue weighted by Gasteiger charge is 2.21. The number of nitrogens with one attached hydrogen (secondary N) is 2. The van der Waals surface area contributed by atoms with Gasteiger partial charge in [0.2, 0.25) is 0 Å². The zero-order valence-corrected chi connectivity index (χ0v) is 15.6. The van der Waals surface area contributed by atoms with Crippen LogP contribution in [0.3, 0.4) is 0 Å². The van der Waals surface area contributed by atoms with Gasteiger partial charge in [0, 0.05) is 25.3 Å². The fraction of sp³-hybridized carbons (Fsp3) is 0.474. The summed E-state index contributed by atoms with van der Waals surface area (Å²) >= 11 is 5.52. The minimum Gasteiger partial charge on any atom is -0.376 e. The Bertz CT molecular complexity index is 812. The van der Waals surface area contributed by atoms with Gasteiger partial charge in [-0.1, -0.05) is 18.2 Å². The second-order valence-electron chi connectivity index (χ2n) is 6.51. The fourth-order valence-corrected chi connectivity index (χ4v) is 3.55. The highest BCUT2D eigenvalue weighted by molar-refractivity contribution is 7.80. The van der Waals surface area contributed by atoms with Crippen molar-refractivity contribution in [2.75, 3.05) is 19.7 Å². The molecule has 1 aromatic heterocycles. The molecule has 0 saturated carbocycles. The number of nitrogens with zero attached hydrogens (tertiary/aromatic N) is 1. The Morgan fingerprint density at radius 1 is 1.48 bits per heavy atom. The number of hydrogen-bond donors (Lipinski definition) is 2. The van der Waals surface area contributed by atoms with Gasteiger partial charge in [-0.3, -0.25) is 4.79 Å². The molecule has 1 atom stereocenters. The Kier molecular flexibility index (Phi) is 5.71. The van der Waals surface area contributed by atoms with E-state index in [2.05, 4.69) is 10.3 Å². The molecule has 2 aromatic rings. The lowest BCUT2D eigenvalue weighted by atomic mass is 10.1. The van der Waals surface area contributed by atoms with E-state index in [-0.39, 0.29) is 11.7 Å². The lowest BCUT2D eigenvalue weighted by Crippen LogP contribution is -2.43. The van der Waals surface area contributed by atoms with Gasteiger partial charge in [0.1, 0.15) is 0 Å². The number of ether oxygens (including phenoxy) is 1. The molecular formula is C19H25N3O2S. The molecular weight excluding hydrogens is 334 g/mol. The largest absolute Gasteiger partial charge is 0.376 e. The van der Waals surface area contributed by atoms with Crippen molar-refractivity contribution in [3.05, 3.63) is 45.7 Å². The minimum absolute atomic E-state index is 0.0570. The molecule has 1 saturated heterocycles. The van der Waals surface area contributed by atoms with E-state index >= 15 is 0 Å². The van der Waals surface area contributed by atoms with Gasteiger partial charge >= 0.3 is 0 Å². The van der Waals surface area contributed by atoms with Gasteiger partial charge in [-0.05, 0) is 55.9 Å². The van der Waals surface area contributed by atoms with Crippen molar-refractivity contribution in [1.29, 1.82) is 0 Å². The molecule has 3 rings (SSSR count). The highest BCUT2D eigenvalue weighted by atomic mass is 32.1. The number of pyridine rings is 1. The van der Waals surface area contributed by atoms with Crippen molar-refractivity contribution in [1.82, 2.24) is 15.2 Å². The fourth-order valence-electron chi connectivity index (χ4n) is 3.27. The van der Waals surface area contributed by atoms with Crippen molar-refractivity contribution in [2.45, 2.75) is 39.3 Å². The summed E-state index contributed by atoms with van der Waals surface area (Å²) in [6, 6.07) is 8.00. The smallest absolute Gasteiger partial charge is 0.253 e. The van der Waals surface area contributed by atoms with Crippen molar-refractivity contribution in [3.8, 4) is 0 Å². The lowest BCUT2D eigenvalue weighted by molar-refractivity contribution is 0.0897. The topological polar surface area (TPSA) is 57.4 Å². The molecule has 5 nitrogen and oxygen atoms in total. The number of H-pyrrole nitrogens is 1. The first-order chi connectivity index (χ1) is 12.1. The number of thiocarbonyl (C=S) groups is 1. The molecule has 6 heteroatoms. The monoisotopic (exact) mass is 359 g/mol. The second-order valence-corrected chi connectivity index (χ2v) is 6.90. The Morgan fingerprint density at radius 3 is 3.04 bits per heavy atom. The molecule has 1 fully saturated rings. The van der Waals surface area contributed by atoms with Gasteiger partial charge < -0.3 is 19.9 Å². The van der Waals surface area contributed by atoms with E-state index in [1.807, 2.05) is 43.0 Å². The van der Waals surface area contributed by atoms with E-state index in [1.54, 1.807) is 0 Å². The lowest BCUT2D eigenvalue weighted by Gasteiger charge is -2.28. The normalized spacial score (nSPS) is 17.0. The number of aromatic amines is 1. The predicted octanol–water partition coefficient (Wildman–Crippen LogP) is 2.71. The zero-order chi connectivity index (χ0) is 17.8. The third-order valence-electron chi connectivity index (χ3n) is 4.59. The molecule has 0 aliphatic carbocycles. The van der Waals surface area contributed by atoms with Crippen LogP contribution in [0.2, 0.25) is 0 Å². The van der Waals surface area contributed by atoms with Crippen molar-refractivity contribution in [2.24, 2.45) is 0 Å². The van der Waals surface area contributed by atoms with Crippen LogP contribution in [0.1, 0.15) is 30.9 Å². The molecule has 2 N–H and O–H groups in total. The first kappa shape index (κ1) is 17.9. The summed E-state index contributed by atoms with van der Waals surface area (Å²) < 4.78 is 5.75. The standard InChI is InChI=1S/C19H25N3O2S/c1-3-20-19(25)22(12-16-8-5-9-24-16)11-15-10-14-7-4-6-13(2)17(14)21-18(15)23/h4,6-7,10,16H,3,5,8-9,11-12H2,1-2H3,(H,20,25)(H,21,23)/t16-/m0/s1. The second kappa shape index (κ2) is 7.97. The summed E-state index contributed by atoms with van der Waals surface area (Å²) in [6.07, 6.45) is 2.30. The summed E-state index contributed by atoms with van der Waals surface area (Å²) in [5, 5.41) is 4.91. The number of para-hydroxylation sites is 1. The molecule has 0 bridgehead atoms. The van der Waals surface area contributed by atoms with Crippen LogP contribution in [0.25, 0.3) is 10.9 Å². The molecule has 134 valence electrons. The van der Waals surface area contributed by atoms with Crippen LogP contribution in [0.5, 0.6) is 0 Å². The Hall–Kier alpha value is -1.92. The van der Waals surface area contributed by atoms with Crippen molar-refractivity contribution >= 4 is 28.2 Å². The number of aromatic nitrogens is 1. The molecule has 1 aliphatic heterocycles. The van der Waals surface area contributed by atoms with Gasteiger partial charge in [-0.15, -0.1) is 0 Å². The SMILES string of the molecule is CCNC(=S)N(Cc1cc2cccc(C)c2[nH]c1=O)C[C@@H]1CCCO1. The van der Waals surface area contributed by atoms with Crippen LogP contribution in [-0.4, -0.2) is 40.8 Å². The zero-order valence-electron chi connectivity index (χ0n) is 14.8. The van der Waals surface area contributed by atoms with Gasteiger partial charge in [-0.2, -0.15) is 0 Å². The molecule has 0 unspecified atom stereocenters. The highest BCUT2D eigenvalue weighted by Crippen LogP contribution is 2.18. The molecule has 1 aromatic carbocycles. The van der Waals surface area contributed by atoms with Crippen LogP contribution < -0.4 is 10.9 Å². The van der Waals surface area contributed by atoms with Gasteiger partial charge in [0.05, 0.1) is 18.2 Å². The summed E-state index contributed by atoms with van der Waals surface area (Å²) in [4.78, 5) is 17.6. The number of aryl methyl sites for hydroxylation is 1. The third-order valence-corrected chi connectivity index (χ3v) is 4.99. The van der Waals surface area contributed by atoms with Crippen LogP contribution in [0, 0.1) is 6.92 Å². The summed E-state index contributed by atoms with van der Waals surface area (Å²) in [7, 11) is 0. The van der Waals surface area contributed by atoms with Gasteiger partial charge in [0.25, 0.3) is 5.56 Å². The Balaban J connectivity index is 1.87. The van der Waals surface area contributed by atoms with E-state index < -0.39 is 0 Å². The number of hydrogen-bond acceptors (Lipinski definition) is 3. The van der Waals surface area contributed by atoms with Crippen LogP contribution in [-0.2, 0) is 11.3 Å². The van der Waals surface area contributed by atoms with Gasteiger partial charge in [-0.25, -0.2) is 0 Å². The number of benzene rings is 1. The van der Waals surface area contributed by atoms with E-state index in [9.17, 15) is 4.79 Å². The summed E-state index contributed by atoms with van der Waals surface area (Å²) in [5.74, 6) is 0. The van der Waals surface area contributed by atoms with E-state index in [4.69, 9.17) is 17.0 Å². The average Bonchev–Trinajstić information content (AvgIpc) is 3.09. The average molecular weight is 359 g/mol. The maximum Gasteiger partial charge on any atom is 0.253 e. The Morgan fingerprint density at radius 2 is 2.32 bits per heavy atom. The summed E-state index contributed by atoms with van der Waals surface area (Å²) in [5.41, 5.74) is 2.63. The van der Waals surface area contributed by atoms with Crippen LogP contribution in [0.4, 0.5) is 0 Å². The minimum atomic E-state index is -0.0570. The number of fused-ring (bicyclic) bond motifs is 1. The molecule has 1 aliphatic rings. The first-order valence-electron chi connectivity index (χ1n) is 8.84. The number of rotatable bonds is 5. The quantitative estimate of drug-likeness (QED) is 0.804. The van der Waals surface area contributed by atoms with Gasteiger partial charge in [0.15, 0.2) is 5.11 Å². The summed E-state index contributed by atoms with van der Waals surface area (Å²) in [6.45, 7) is 6.77. The molecule has 25 heavy (non-hydrogen) atoms. The predicted molar refractivity (Wildman–Crippen MR) is 105 cm³/mol. The van der Waals surface area contributed by atoms with E-state index in [0.717, 1.165) is 48.0 Å². The van der Waals surface area contributed by atoms with E-state index in [0.29, 0.717) is 18.2 Å². The van der Waals surface area contributed by atoms with Crippen molar-refractivity contribution < 1.29 is 4.74 Å². The first-order valence-corrected chi connectivity index (χ1v) is 9.25. The third kappa shape index (κ3) is 4.19. The van der Waals surface area contributed by atoms with Crippen LogP contribution in [0.15, 0.2) is 29.1 Å². The molecule has 0 amide bonds. The maximum absolute atomic E-state index is 12.6. The molecule has 0 spiro atoms. The molecule has 0 radical (unpaired) electrons. The Labute approximate surface area is 153 Å². The van der Waals surface area contributed by atoms with Crippen LogP contribution >= 0.6 is 12.2 Å².